The smallest absolute Gasteiger partial charge is 0.234 e. The van der Waals surface area contributed by atoms with Crippen LogP contribution in [0, 0.1) is 0 Å². The van der Waals surface area contributed by atoms with E-state index in [0.29, 0.717) is 13.0 Å². The Kier molecular flexibility index (Phi) is 7.63. The van der Waals surface area contributed by atoms with Crippen molar-refractivity contribution in [3.63, 3.8) is 0 Å². The van der Waals surface area contributed by atoms with Crippen LogP contribution < -0.4 is 5.73 Å². The van der Waals surface area contributed by atoms with Crippen LogP contribution in [0.15, 0.2) is 0 Å². The molecular weight excluding hydrogens is 443 g/mol. The van der Waals surface area contributed by atoms with E-state index in [4.69, 9.17) is 24.5 Å². The number of nitrogens with two attached hydrogens (primary N) is 1. The van der Waals surface area contributed by atoms with Gasteiger partial charge in [0.25, 0.3) is 0 Å². The molecule has 156 valence electrons. The minimum absolute atomic E-state index is 0.0323. The van der Waals surface area contributed by atoms with Crippen LogP contribution in [-0.4, -0.2) is 78.9 Å². The van der Waals surface area contributed by atoms with Gasteiger partial charge in [0.05, 0.1) is 25.7 Å². The van der Waals surface area contributed by atoms with Crippen LogP contribution in [0.1, 0.15) is 26.7 Å². The van der Waals surface area contributed by atoms with E-state index < -0.39 is 30.3 Å². The Balaban J connectivity index is 2.01. The minimum atomic E-state index is -2.81. The van der Waals surface area contributed by atoms with Crippen LogP contribution in [0.25, 0.3) is 0 Å². The number of ketones is 1. The van der Waals surface area contributed by atoms with E-state index in [9.17, 15) is 14.2 Å². The first-order valence-corrected chi connectivity index (χ1v) is 11.8. The first-order valence-electron chi connectivity index (χ1n) is 8.79. The molecule has 0 aromatic carbocycles. The molecule has 0 aromatic rings. The van der Waals surface area contributed by atoms with Gasteiger partial charge in [-0.25, -0.2) is 0 Å². The highest BCUT2D eigenvalue weighted by molar-refractivity contribution is 9.10. The van der Waals surface area contributed by atoms with Crippen LogP contribution >= 0.6 is 23.3 Å². The van der Waals surface area contributed by atoms with E-state index in [-0.39, 0.29) is 37.1 Å². The summed E-state index contributed by atoms with van der Waals surface area (Å²) >= 11 is 3.38. The van der Waals surface area contributed by atoms with Crippen molar-refractivity contribution in [2.45, 2.75) is 55.6 Å². The molecule has 11 heteroatoms. The summed E-state index contributed by atoms with van der Waals surface area (Å²) < 4.78 is 33.1. The van der Waals surface area contributed by atoms with Crippen molar-refractivity contribution in [3.05, 3.63) is 0 Å². The molecule has 6 unspecified atom stereocenters. The maximum absolute atomic E-state index is 12.5. The van der Waals surface area contributed by atoms with Crippen molar-refractivity contribution in [3.8, 4) is 0 Å². The molecule has 0 aromatic heterocycles. The highest BCUT2D eigenvalue weighted by Gasteiger charge is 2.53. The van der Waals surface area contributed by atoms with Crippen LogP contribution in [0.5, 0.6) is 0 Å². The Bertz CT molecular complexity index is 618. The van der Waals surface area contributed by atoms with Crippen LogP contribution in [0.3, 0.4) is 0 Å². The van der Waals surface area contributed by atoms with Crippen LogP contribution in [0.2, 0.25) is 0 Å². The number of halogens is 1. The zero-order valence-electron chi connectivity index (χ0n) is 16.1. The Morgan fingerprint density at radius 3 is 2.70 bits per heavy atom. The second-order valence-corrected chi connectivity index (χ2v) is 11.2. The largest absolute Gasteiger partial charge is 0.369 e. The van der Waals surface area contributed by atoms with E-state index in [0.717, 1.165) is 0 Å². The van der Waals surface area contributed by atoms with Gasteiger partial charge in [0.2, 0.25) is 13.3 Å². The topological polar surface area (TPSA) is 117 Å². The maximum atomic E-state index is 12.5. The second kappa shape index (κ2) is 8.98. The number of piperidine rings is 1. The van der Waals surface area contributed by atoms with Gasteiger partial charge < -0.3 is 24.5 Å². The number of likely N-dealkylation sites (tertiary alicyclic amines) is 1. The summed E-state index contributed by atoms with van der Waals surface area (Å²) in [5.74, 6) is -0.607. The highest BCUT2D eigenvalue weighted by atomic mass is 79.9. The van der Waals surface area contributed by atoms with Gasteiger partial charge in [0, 0.05) is 26.2 Å². The fourth-order valence-corrected chi connectivity index (χ4v) is 4.91. The number of amides is 1. The molecule has 2 aliphatic heterocycles. The van der Waals surface area contributed by atoms with Gasteiger partial charge in [-0.15, -0.1) is 0 Å². The van der Waals surface area contributed by atoms with E-state index in [1.54, 1.807) is 13.8 Å². The second-order valence-electron chi connectivity index (χ2n) is 7.03. The molecule has 6 atom stereocenters. The van der Waals surface area contributed by atoms with Crippen LogP contribution in [0.4, 0.5) is 0 Å². The minimum Gasteiger partial charge on any atom is -0.369 e. The molecule has 2 aliphatic rings. The van der Waals surface area contributed by atoms with Gasteiger partial charge in [0.1, 0.15) is 16.9 Å². The predicted octanol–water partition coefficient (Wildman–Crippen LogP) is 1.27. The summed E-state index contributed by atoms with van der Waals surface area (Å²) in [6.07, 6.45) is -1.79. The first kappa shape index (κ1) is 22.9. The van der Waals surface area contributed by atoms with E-state index in [1.165, 1.54) is 18.7 Å². The van der Waals surface area contributed by atoms with E-state index in [2.05, 4.69) is 15.9 Å². The molecule has 9 nitrogen and oxygen atoms in total. The van der Waals surface area contributed by atoms with Gasteiger partial charge >= 0.3 is 0 Å². The molecule has 2 saturated heterocycles. The Hall–Kier alpha value is -0.350. The van der Waals surface area contributed by atoms with Gasteiger partial charge in [-0.3, -0.25) is 19.1 Å². The molecule has 0 bridgehead atoms. The number of hydrogen-bond acceptors (Lipinski definition) is 8. The third-order valence-electron chi connectivity index (χ3n) is 4.69. The lowest BCUT2D eigenvalue weighted by atomic mass is 9.94. The zero-order valence-corrected chi connectivity index (χ0v) is 18.5. The standard InChI is InChI=1S/C16H28BrN2O7P/c1-5-25-27(4,22)9-24-8-11-10(18)6-14(26-11)19-13(21)7-12(20)16(2,17)15(19)23-3/h10-11,14-15H,5-9,18H2,1-4H3. The molecule has 0 aliphatic carbocycles. The normalized spacial score (nSPS) is 36.9. The summed E-state index contributed by atoms with van der Waals surface area (Å²) in [5.41, 5.74) is 6.15. The molecule has 27 heavy (non-hydrogen) atoms. The fraction of sp³-hybridized carbons (Fsp3) is 0.875. The highest BCUT2D eigenvalue weighted by Crippen LogP contribution is 2.42. The van der Waals surface area contributed by atoms with Crippen molar-refractivity contribution in [2.24, 2.45) is 5.73 Å². The maximum Gasteiger partial charge on any atom is 0.234 e. The SMILES string of the molecule is CCOP(C)(=O)COCC1OC(N2C(=O)CC(=O)C(C)(Br)C2OC)CC1N. The molecular formula is C16H28BrN2O7P. The molecule has 1 amide bonds. The van der Waals surface area contributed by atoms with Gasteiger partial charge in [0.15, 0.2) is 12.0 Å². The Morgan fingerprint density at radius 2 is 2.11 bits per heavy atom. The molecule has 0 spiro atoms. The zero-order chi connectivity index (χ0) is 20.4. The molecule has 0 radical (unpaired) electrons. The number of rotatable bonds is 8. The van der Waals surface area contributed by atoms with Gasteiger partial charge in [-0.2, -0.15) is 0 Å². The fourth-order valence-electron chi connectivity index (χ4n) is 3.31. The molecule has 2 fully saturated rings. The van der Waals surface area contributed by atoms with Crippen molar-refractivity contribution in [1.29, 1.82) is 0 Å². The number of ether oxygens (including phenoxy) is 3. The first-order chi connectivity index (χ1) is 12.5. The van der Waals surface area contributed by atoms with Crippen molar-refractivity contribution in [1.82, 2.24) is 4.90 Å². The Morgan fingerprint density at radius 1 is 1.44 bits per heavy atom. The van der Waals surface area contributed by atoms with Crippen molar-refractivity contribution >= 4 is 35.0 Å². The summed E-state index contributed by atoms with van der Waals surface area (Å²) in [6, 6.07) is -0.372. The van der Waals surface area contributed by atoms with E-state index in [1.807, 2.05) is 0 Å². The number of hydrogen-bond donors (Lipinski definition) is 1. The molecule has 0 saturated carbocycles. The van der Waals surface area contributed by atoms with Gasteiger partial charge in [-0.1, -0.05) is 15.9 Å². The lowest BCUT2D eigenvalue weighted by Gasteiger charge is -2.44. The number of carbonyl (C=O) groups is 2. The number of nitrogens with zero attached hydrogens (tertiary/aromatic N) is 1. The summed E-state index contributed by atoms with van der Waals surface area (Å²) in [5, 5.41) is 0. The number of alkyl halides is 1. The molecule has 2 rings (SSSR count). The Labute approximate surface area is 167 Å². The van der Waals surface area contributed by atoms with Crippen molar-refractivity contribution in [2.75, 3.05) is 33.3 Å². The predicted molar refractivity (Wildman–Crippen MR) is 102 cm³/mol. The summed E-state index contributed by atoms with van der Waals surface area (Å²) in [6.45, 7) is 5.43. The lowest BCUT2D eigenvalue weighted by molar-refractivity contribution is -0.186. The average molecular weight is 471 g/mol. The average Bonchev–Trinajstić information content (AvgIpc) is 2.91. The molecule has 2 N–H and O–H groups in total. The van der Waals surface area contributed by atoms with E-state index >= 15 is 0 Å². The number of Topliss-reactive ketones (excluding diaryl/α,β-unsaturated/α-hetero) is 1. The number of carbonyl (C=O) groups excluding carboxylic acids is 2. The van der Waals surface area contributed by atoms with Crippen molar-refractivity contribution < 1.29 is 32.9 Å². The summed E-state index contributed by atoms with van der Waals surface area (Å²) in [7, 11) is -1.37. The third-order valence-corrected chi connectivity index (χ3v) is 6.98. The monoisotopic (exact) mass is 470 g/mol. The lowest BCUT2D eigenvalue weighted by Crippen LogP contribution is -2.63. The molecule has 2 heterocycles. The van der Waals surface area contributed by atoms with Crippen LogP contribution in [-0.2, 0) is 32.9 Å². The number of methoxy groups -OCH3 is 1. The van der Waals surface area contributed by atoms with Gasteiger partial charge in [-0.05, 0) is 13.8 Å². The third kappa shape index (κ3) is 5.18. The summed E-state index contributed by atoms with van der Waals surface area (Å²) in [4.78, 5) is 26.1. The quantitative estimate of drug-likeness (QED) is 0.320.